The summed E-state index contributed by atoms with van der Waals surface area (Å²) < 4.78 is 5.80. The van der Waals surface area contributed by atoms with Crippen molar-refractivity contribution in [3.8, 4) is 0 Å². The van der Waals surface area contributed by atoms with Crippen molar-refractivity contribution in [1.29, 1.82) is 0 Å². The van der Waals surface area contributed by atoms with Gasteiger partial charge in [-0.05, 0) is 18.8 Å². The fourth-order valence-electron chi connectivity index (χ4n) is 4.04. The lowest BCUT2D eigenvalue weighted by Crippen LogP contribution is -2.53. The minimum absolute atomic E-state index is 0.193. The average molecular weight is 333 g/mol. The summed E-state index contributed by atoms with van der Waals surface area (Å²) in [6, 6.07) is 0.560. The Morgan fingerprint density at radius 1 is 1.17 bits per heavy atom. The van der Waals surface area contributed by atoms with Crippen LogP contribution in [0, 0.1) is 5.92 Å². The molecule has 3 fully saturated rings. The number of hydrogen-bond acceptors (Lipinski definition) is 6. The lowest BCUT2D eigenvalue weighted by molar-refractivity contribution is -0.130. The van der Waals surface area contributed by atoms with Crippen LogP contribution in [0.25, 0.3) is 0 Å². The van der Waals surface area contributed by atoms with Crippen molar-refractivity contribution in [2.75, 3.05) is 39.3 Å². The van der Waals surface area contributed by atoms with Crippen LogP contribution in [0.1, 0.15) is 44.4 Å². The fourth-order valence-corrected chi connectivity index (χ4v) is 4.04. The molecule has 2 atom stereocenters. The first-order valence-corrected chi connectivity index (χ1v) is 9.14. The molecule has 4 rings (SSSR count). The smallest absolute Gasteiger partial charge is 0.230 e. The summed E-state index contributed by atoms with van der Waals surface area (Å²) in [6.45, 7) is 10.5. The van der Waals surface area contributed by atoms with E-state index in [1.165, 1.54) is 12.8 Å². The second kappa shape index (κ2) is 6.44. The lowest BCUT2D eigenvalue weighted by atomic mass is 10.0. The van der Waals surface area contributed by atoms with Crippen molar-refractivity contribution in [2.24, 2.45) is 5.92 Å². The maximum atomic E-state index is 11.5. The molecule has 7 heteroatoms. The van der Waals surface area contributed by atoms with Crippen LogP contribution in [0.3, 0.4) is 0 Å². The second-order valence-electron chi connectivity index (χ2n) is 7.59. The molecule has 0 aromatic carbocycles. The third-order valence-electron chi connectivity index (χ3n) is 5.64. The van der Waals surface area contributed by atoms with Crippen molar-refractivity contribution < 1.29 is 9.21 Å². The Morgan fingerprint density at radius 2 is 1.92 bits per heavy atom. The molecular formula is C17H27N5O2. The molecule has 3 aliphatic rings. The number of carbonyl (C=O) groups excluding carboxylic acids is 1. The predicted molar refractivity (Wildman–Crippen MR) is 88.3 cm³/mol. The summed E-state index contributed by atoms with van der Waals surface area (Å²) in [5.41, 5.74) is 0. The van der Waals surface area contributed by atoms with Gasteiger partial charge < -0.3 is 9.32 Å². The second-order valence-corrected chi connectivity index (χ2v) is 7.59. The van der Waals surface area contributed by atoms with Gasteiger partial charge in [-0.1, -0.05) is 6.92 Å². The van der Waals surface area contributed by atoms with Crippen molar-refractivity contribution in [3.05, 3.63) is 11.8 Å². The van der Waals surface area contributed by atoms with E-state index in [4.69, 9.17) is 4.42 Å². The largest absolute Gasteiger partial charge is 0.424 e. The molecule has 1 aromatic heterocycles. The molecule has 2 unspecified atom stereocenters. The Bertz CT molecular complexity index is 592. The fraction of sp³-hybridized carbons (Fsp3) is 0.824. The molecule has 7 nitrogen and oxygen atoms in total. The Hall–Kier alpha value is -1.47. The molecule has 132 valence electrons. The van der Waals surface area contributed by atoms with Gasteiger partial charge in [-0.15, -0.1) is 10.2 Å². The summed E-state index contributed by atoms with van der Waals surface area (Å²) in [5, 5.41) is 8.40. The SMILES string of the molecule is CC(=O)N1CCN(C2CN(Cc3nnc(C4CC4)o3)CC2C)CC1. The first-order valence-electron chi connectivity index (χ1n) is 9.14. The molecular weight excluding hydrogens is 306 g/mol. The van der Waals surface area contributed by atoms with Crippen LogP contribution in [0.4, 0.5) is 0 Å². The minimum Gasteiger partial charge on any atom is -0.424 e. The van der Waals surface area contributed by atoms with E-state index in [1.807, 2.05) is 4.90 Å². The van der Waals surface area contributed by atoms with Gasteiger partial charge in [0.2, 0.25) is 17.7 Å². The Balaban J connectivity index is 1.31. The van der Waals surface area contributed by atoms with Gasteiger partial charge >= 0.3 is 0 Å². The zero-order chi connectivity index (χ0) is 16.7. The molecule has 2 saturated heterocycles. The van der Waals surface area contributed by atoms with Gasteiger partial charge in [0.25, 0.3) is 0 Å². The number of nitrogens with zero attached hydrogens (tertiary/aromatic N) is 5. The monoisotopic (exact) mass is 333 g/mol. The number of rotatable bonds is 4. The lowest BCUT2D eigenvalue weighted by Gasteiger charge is -2.39. The van der Waals surface area contributed by atoms with Gasteiger partial charge in [0, 0.05) is 58.2 Å². The Labute approximate surface area is 143 Å². The topological polar surface area (TPSA) is 65.7 Å². The molecule has 1 aromatic rings. The van der Waals surface area contributed by atoms with Gasteiger partial charge in [-0.2, -0.15) is 0 Å². The summed E-state index contributed by atoms with van der Waals surface area (Å²) in [5.74, 6) is 2.92. The Morgan fingerprint density at radius 3 is 2.58 bits per heavy atom. The van der Waals surface area contributed by atoms with E-state index < -0.39 is 0 Å². The van der Waals surface area contributed by atoms with Crippen molar-refractivity contribution in [3.63, 3.8) is 0 Å². The van der Waals surface area contributed by atoms with Crippen LogP contribution in [-0.4, -0.2) is 76.1 Å². The molecule has 1 amide bonds. The highest BCUT2D eigenvalue weighted by atomic mass is 16.4. The van der Waals surface area contributed by atoms with E-state index in [0.717, 1.165) is 57.6 Å². The van der Waals surface area contributed by atoms with E-state index in [1.54, 1.807) is 6.92 Å². The number of aromatic nitrogens is 2. The van der Waals surface area contributed by atoms with Crippen LogP contribution < -0.4 is 0 Å². The predicted octanol–water partition coefficient (Wildman–Crippen LogP) is 0.931. The molecule has 1 saturated carbocycles. The van der Waals surface area contributed by atoms with Gasteiger partial charge in [0.1, 0.15) is 0 Å². The number of amides is 1. The third-order valence-corrected chi connectivity index (χ3v) is 5.64. The molecule has 24 heavy (non-hydrogen) atoms. The minimum atomic E-state index is 0.193. The normalized spacial score (nSPS) is 29.3. The number of likely N-dealkylation sites (tertiary alicyclic amines) is 1. The number of piperazine rings is 1. The van der Waals surface area contributed by atoms with Crippen molar-refractivity contribution >= 4 is 5.91 Å². The molecule has 0 spiro atoms. The maximum absolute atomic E-state index is 11.5. The van der Waals surface area contributed by atoms with Crippen molar-refractivity contribution in [2.45, 2.75) is 45.2 Å². The van der Waals surface area contributed by atoms with Gasteiger partial charge in [-0.25, -0.2) is 0 Å². The highest BCUT2D eigenvalue weighted by Gasteiger charge is 2.36. The van der Waals surface area contributed by atoms with Crippen LogP contribution in [0.15, 0.2) is 4.42 Å². The van der Waals surface area contributed by atoms with Crippen LogP contribution in [-0.2, 0) is 11.3 Å². The van der Waals surface area contributed by atoms with E-state index in [-0.39, 0.29) is 5.91 Å². The number of carbonyl (C=O) groups is 1. The highest BCUT2D eigenvalue weighted by molar-refractivity contribution is 5.73. The molecule has 3 heterocycles. The van der Waals surface area contributed by atoms with Gasteiger partial charge in [-0.3, -0.25) is 14.6 Å². The molecule has 0 bridgehead atoms. The summed E-state index contributed by atoms with van der Waals surface area (Å²) in [7, 11) is 0. The summed E-state index contributed by atoms with van der Waals surface area (Å²) in [4.78, 5) is 18.4. The van der Waals surface area contributed by atoms with E-state index in [0.29, 0.717) is 17.9 Å². The Kier molecular flexibility index (Phi) is 4.30. The van der Waals surface area contributed by atoms with Gasteiger partial charge in [0.15, 0.2) is 0 Å². The van der Waals surface area contributed by atoms with Gasteiger partial charge in [0.05, 0.1) is 6.54 Å². The zero-order valence-corrected chi connectivity index (χ0v) is 14.6. The van der Waals surface area contributed by atoms with Crippen LogP contribution >= 0.6 is 0 Å². The summed E-state index contributed by atoms with van der Waals surface area (Å²) >= 11 is 0. The van der Waals surface area contributed by atoms with E-state index in [9.17, 15) is 4.79 Å². The first-order chi connectivity index (χ1) is 11.6. The standard InChI is InChI=1S/C17H27N5O2/c1-12-9-20(11-16-18-19-17(24-16)14-3-4-14)10-15(12)22-7-5-21(6-8-22)13(2)23/h12,14-15H,3-11H2,1-2H3. The van der Waals surface area contributed by atoms with Crippen LogP contribution in [0.5, 0.6) is 0 Å². The summed E-state index contributed by atoms with van der Waals surface area (Å²) in [6.07, 6.45) is 2.38. The molecule has 0 N–H and O–H groups in total. The van der Waals surface area contributed by atoms with Crippen molar-refractivity contribution in [1.82, 2.24) is 24.9 Å². The first kappa shape index (κ1) is 16.0. The molecule has 1 aliphatic carbocycles. The highest BCUT2D eigenvalue weighted by Crippen LogP contribution is 2.39. The maximum Gasteiger partial charge on any atom is 0.230 e. The zero-order valence-electron chi connectivity index (χ0n) is 14.6. The quantitative estimate of drug-likeness (QED) is 0.817. The molecule has 2 aliphatic heterocycles. The van der Waals surface area contributed by atoms with Crippen LogP contribution in [0.2, 0.25) is 0 Å². The number of hydrogen-bond donors (Lipinski definition) is 0. The van der Waals surface area contributed by atoms with E-state index >= 15 is 0 Å². The van der Waals surface area contributed by atoms with E-state index in [2.05, 4.69) is 26.9 Å². The third kappa shape index (κ3) is 3.32. The average Bonchev–Trinajstić information content (AvgIpc) is 3.21. The molecule has 0 radical (unpaired) electrons.